The van der Waals surface area contributed by atoms with Gasteiger partial charge in [-0.15, -0.1) is 5.19 Å². The van der Waals surface area contributed by atoms with Crippen molar-refractivity contribution >= 4 is 28.8 Å². The van der Waals surface area contributed by atoms with Gasteiger partial charge in [-0.25, -0.2) is 6.07 Å². The van der Waals surface area contributed by atoms with Crippen molar-refractivity contribution in [2.24, 2.45) is 0 Å². The molecule has 0 amide bonds. The van der Waals surface area contributed by atoms with Crippen molar-refractivity contribution in [3.8, 4) is 0 Å². The molecule has 34 heavy (non-hydrogen) atoms. The molecule has 4 aromatic carbocycles. The van der Waals surface area contributed by atoms with Gasteiger partial charge in [0, 0.05) is 0 Å². The third kappa shape index (κ3) is 6.52. The summed E-state index contributed by atoms with van der Waals surface area (Å²) in [6, 6.07) is 34.9. The Morgan fingerprint density at radius 2 is 1.06 bits per heavy atom. The molecule has 0 fully saturated rings. The molecule has 0 radical (unpaired) electrons. The van der Waals surface area contributed by atoms with Crippen molar-refractivity contribution in [2.45, 2.75) is 40.5 Å². The Labute approximate surface area is 240 Å². The molecule has 4 aromatic rings. The molecule has 0 nitrogen and oxygen atoms in total. The van der Waals surface area contributed by atoms with E-state index >= 15 is 0 Å². The number of halogens is 3. The Hall–Kier alpha value is -1.19. The molecule has 0 saturated carbocycles. The summed E-state index contributed by atoms with van der Waals surface area (Å²) < 4.78 is 0. The molecule has 0 saturated heterocycles. The maximum atomic E-state index is 2.49. The number of hydrogen-bond acceptors (Lipinski definition) is 0. The second-order valence-corrected chi connectivity index (χ2v) is 12.4. The molecule has 0 heterocycles. The maximum absolute atomic E-state index is 2.49. The van der Waals surface area contributed by atoms with Gasteiger partial charge in [0.15, 0.2) is 0 Å². The predicted molar refractivity (Wildman–Crippen MR) is 134 cm³/mol. The van der Waals surface area contributed by atoms with Crippen LogP contribution in [0, 0.1) is 20.8 Å². The van der Waals surface area contributed by atoms with E-state index in [-0.39, 0.29) is 58.9 Å². The average Bonchev–Trinajstić information content (AvgIpc) is 3.18. The van der Waals surface area contributed by atoms with Gasteiger partial charge < -0.3 is 37.2 Å². The first-order valence-electron chi connectivity index (χ1n) is 11.0. The summed E-state index contributed by atoms with van der Waals surface area (Å²) in [5, 5.41) is 5.89. The first-order valence-corrected chi connectivity index (χ1v) is 13.0. The minimum atomic E-state index is -2.40. The Balaban J connectivity index is 0.00000272. The van der Waals surface area contributed by atoms with Gasteiger partial charge in [0.05, 0.1) is 0 Å². The van der Waals surface area contributed by atoms with Gasteiger partial charge in [0.1, 0.15) is 8.07 Å². The number of hydrogen-bond donors (Lipinski definition) is 0. The van der Waals surface area contributed by atoms with Crippen molar-refractivity contribution in [1.82, 2.24) is 0 Å². The van der Waals surface area contributed by atoms with Gasteiger partial charge in [0.25, 0.3) is 0 Å². The zero-order valence-electron chi connectivity index (χ0n) is 20.2. The molecule has 0 spiro atoms. The predicted octanol–water partition coefficient (Wildman–Crippen LogP) is -4.33. The normalized spacial score (nSPS) is 10.2. The summed E-state index contributed by atoms with van der Waals surface area (Å²) in [4.78, 5) is 0. The van der Waals surface area contributed by atoms with Crippen molar-refractivity contribution in [3.63, 3.8) is 0 Å². The van der Waals surface area contributed by atoms with Crippen molar-refractivity contribution < 1.29 is 58.9 Å². The summed E-state index contributed by atoms with van der Waals surface area (Å²) in [7, 11) is -2.40. The van der Waals surface area contributed by atoms with Gasteiger partial charge in [0.2, 0.25) is 0 Å². The second-order valence-electron chi connectivity index (χ2n) is 8.62. The van der Waals surface area contributed by atoms with Crippen molar-refractivity contribution in [3.05, 3.63) is 113 Å². The van der Waals surface area contributed by atoms with Crippen molar-refractivity contribution in [2.75, 3.05) is 0 Å². The number of rotatable bonds is 6. The van der Waals surface area contributed by atoms with Crippen LogP contribution < -0.4 is 58.0 Å². The number of aryl methyl sites for hydroxylation is 4. The van der Waals surface area contributed by atoms with Crippen LogP contribution in [0.3, 0.4) is 0 Å². The third-order valence-corrected chi connectivity index (χ3v) is 10.9. The Kier molecular flexibility index (Phi) is 13.9. The topological polar surface area (TPSA) is 0 Å². The molecule has 0 atom stereocenters. The molecule has 0 aliphatic rings. The van der Waals surface area contributed by atoms with Gasteiger partial charge in [-0.2, -0.15) is 17.7 Å². The molecule has 0 N–H and O–H groups in total. The molecule has 0 bridgehead atoms. The summed E-state index contributed by atoms with van der Waals surface area (Å²) >= 11 is 0. The van der Waals surface area contributed by atoms with E-state index in [0.29, 0.717) is 0 Å². The fourth-order valence-electron chi connectivity index (χ4n) is 4.81. The minimum Gasteiger partial charge on any atom is -1.00 e. The zero-order valence-corrected chi connectivity index (χ0v) is 25.0. The molecule has 0 aliphatic heterocycles. The van der Waals surface area contributed by atoms with E-state index in [9.17, 15) is 0 Å². The first kappa shape index (κ1) is 32.8. The van der Waals surface area contributed by atoms with Crippen LogP contribution in [0.15, 0.2) is 91.0 Å². The molecule has 0 aromatic heterocycles. The van der Waals surface area contributed by atoms with Gasteiger partial charge in [-0.3, -0.25) is 0 Å². The minimum absolute atomic E-state index is 0. The van der Waals surface area contributed by atoms with Crippen LogP contribution in [0.4, 0.5) is 0 Å². The van der Waals surface area contributed by atoms with Crippen LogP contribution in [-0.4, -0.2) is 8.07 Å². The molecular weight excluding hydrogens is 531 g/mol. The fourth-order valence-corrected chi connectivity index (χ4v) is 9.91. The molecule has 4 rings (SSSR count). The summed E-state index contributed by atoms with van der Waals surface area (Å²) in [5.74, 6) is 0. The van der Waals surface area contributed by atoms with E-state index in [0.717, 1.165) is 6.42 Å². The monoisotopic (exact) mass is 560 g/mol. The third-order valence-electron chi connectivity index (χ3n) is 6.14. The smallest absolute Gasteiger partial charge is 1.00 e. The summed E-state index contributed by atoms with van der Waals surface area (Å²) in [5.41, 5.74) is 5.43. The standard InChI is InChI=1S/C29H31Si.3ClH.Ti/c1-5-9-25-16-17-29(21-25)30(26-13-6-10-22(2)18-26,27-14-7-11-23(3)19-27)28-15-8-12-24(4)20-28;;;;/h6-8,10-21H,5,9H2,1-4H3;3*1H;/q-1;;;;+4/p-3. The van der Waals surface area contributed by atoms with Crippen LogP contribution in [0.5, 0.6) is 0 Å². The van der Waals surface area contributed by atoms with E-state index in [4.69, 9.17) is 0 Å². The summed E-state index contributed by atoms with van der Waals surface area (Å²) in [6.07, 6.45) is 2.32. The average molecular weight is 562 g/mol. The quantitative estimate of drug-likeness (QED) is 0.127. The Morgan fingerprint density at radius 1 is 0.647 bits per heavy atom. The van der Waals surface area contributed by atoms with E-state index in [2.05, 4.69) is 119 Å². The van der Waals surface area contributed by atoms with Crippen LogP contribution >= 0.6 is 0 Å². The molecule has 0 aliphatic carbocycles. The van der Waals surface area contributed by atoms with Crippen LogP contribution in [0.25, 0.3) is 0 Å². The van der Waals surface area contributed by atoms with Crippen LogP contribution in [0.1, 0.15) is 35.6 Å². The van der Waals surface area contributed by atoms with E-state index in [1.54, 1.807) is 0 Å². The van der Waals surface area contributed by atoms with E-state index < -0.39 is 8.07 Å². The van der Waals surface area contributed by atoms with Crippen molar-refractivity contribution in [1.29, 1.82) is 0 Å². The number of benzene rings is 3. The fraction of sp³-hybridized carbons (Fsp3) is 0.207. The van der Waals surface area contributed by atoms with Gasteiger partial charge in [-0.05, 0) is 20.8 Å². The maximum Gasteiger partial charge on any atom is 4.00 e. The largest absolute Gasteiger partial charge is 4.00 e. The zero-order chi connectivity index (χ0) is 21.1. The Bertz CT molecular complexity index is 1060. The van der Waals surface area contributed by atoms with E-state index in [1.807, 2.05) is 0 Å². The first-order chi connectivity index (χ1) is 14.5. The SMILES string of the molecule is CCCc1cc[c-]([Si](c2cccc(C)c2)(c2cccc(C)c2)c2cccc(C)c2)c1.[Cl-].[Cl-].[Cl-].[Ti+4]. The molecular formula is C29H31Cl3SiTi. The Morgan fingerprint density at radius 3 is 1.41 bits per heavy atom. The van der Waals surface area contributed by atoms with Crippen LogP contribution in [-0.2, 0) is 28.1 Å². The van der Waals surface area contributed by atoms with E-state index in [1.165, 1.54) is 49.4 Å². The van der Waals surface area contributed by atoms with Gasteiger partial charge in [-0.1, -0.05) is 125 Å². The van der Waals surface area contributed by atoms with Crippen LogP contribution in [0.2, 0.25) is 0 Å². The second kappa shape index (κ2) is 14.4. The molecule has 176 valence electrons. The van der Waals surface area contributed by atoms with Gasteiger partial charge >= 0.3 is 21.7 Å². The summed E-state index contributed by atoms with van der Waals surface area (Å²) in [6.45, 7) is 8.90. The molecule has 0 unspecified atom stereocenters. The molecule has 5 heteroatoms.